The molecule has 0 aliphatic carbocycles. The van der Waals surface area contributed by atoms with Gasteiger partial charge in [-0.1, -0.05) is 23.7 Å². The van der Waals surface area contributed by atoms with E-state index in [2.05, 4.69) is 36.6 Å². The van der Waals surface area contributed by atoms with Crippen molar-refractivity contribution < 1.29 is 14.3 Å². The number of rotatable bonds is 3. The lowest BCUT2D eigenvalue weighted by Gasteiger charge is -2.38. The van der Waals surface area contributed by atoms with Crippen LogP contribution in [0.15, 0.2) is 36.4 Å². The number of benzene rings is 2. The molecule has 2 aromatic carbocycles. The largest absolute Gasteiger partial charge is 0.487 e. The molecule has 0 bridgehead atoms. The molecule has 0 saturated carbocycles. The van der Waals surface area contributed by atoms with Gasteiger partial charge in [0.05, 0.1) is 23.7 Å². The summed E-state index contributed by atoms with van der Waals surface area (Å²) in [5, 5.41) is 7.26. The number of methoxy groups -OCH3 is 1. The van der Waals surface area contributed by atoms with Crippen molar-refractivity contribution in [3.05, 3.63) is 58.1 Å². The summed E-state index contributed by atoms with van der Waals surface area (Å²) in [5.41, 5.74) is 2.84. The van der Waals surface area contributed by atoms with Crippen LogP contribution in [-0.2, 0) is 4.74 Å². The Kier molecular flexibility index (Phi) is 5.82. The highest BCUT2D eigenvalue weighted by Crippen LogP contribution is 2.39. The highest BCUT2D eigenvalue weighted by molar-refractivity contribution is 7.80. The minimum absolute atomic E-state index is 0.00623. The topological polar surface area (TPSA) is 59.6 Å². The first-order valence-electron chi connectivity index (χ1n) is 8.93. The third kappa shape index (κ3) is 4.56. The van der Waals surface area contributed by atoms with Gasteiger partial charge in [-0.05, 0) is 62.8 Å². The summed E-state index contributed by atoms with van der Waals surface area (Å²) in [4.78, 5) is 11.8. The van der Waals surface area contributed by atoms with Crippen LogP contribution in [0.5, 0.6) is 5.75 Å². The molecule has 1 aliphatic rings. The minimum Gasteiger partial charge on any atom is -0.487 e. The molecule has 1 aliphatic heterocycles. The molecule has 1 atom stereocenters. The maximum absolute atomic E-state index is 11.8. The van der Waals surface area contributed by atoms with Crippen LogP contribution in [0.25, 0.3) is 0 Å². The van der Waals surface area contributed by atoms with Gasteiger partial charge in [0.2, 0.25) is 0 Å². The maximum Gasteiger partial charge on any atom is 0.339 e. The van der Waals surface area contributed by atoms with Gasteiger partial charge in [0.1, 0.15) is 11.4 Å². The van der Waals surface area contributed by atoms with Crippen molar-refractivity contribution in [2.45, 2.75) is 38.8 Å². The molecule has 0 unspecified atom stereocenters. The smallest absolute Gasteiger partial charge is 0.339 e. The van der Waals surface area contributed by atoms with Gasteiger partial charge in [0.25, 0.3) is 0 Å². The zero-order valence-electron chi connectivity index (χ0n) is 16.3. The summed E-state index contributed by atoms with van der Waals surface area (Å²) in [7, 11) is 1.32. The highest BCUT2D eigenvalue weighted by atomic mass is 35.5. The third-order valence-electron chi connectivity index (χ3n) is 4.56. The fraction of sp³-hybridized carbons (Fsp3) is 0.333. The van der Waals surface area contributed by atoms with Crippen LogP contribution < -0.4 is 15.4 Å². The number of carbonyl (C=O) groups is 1. The van der Waals surface area contributed by atoms with Crippen LogP contribution in [0, 0.1) is 6.92 Å². The van der Waals surface area contributed by atoms with E-state index in [1.807, 2.05) is 13.0 Å². The van der Waals surface area contributed by atoms with Gasteiger partial charge in [0.15, 0.2) is 5.11 Å². The Bertz CT molecular complexity index is 930. The molecule has 1 heterocycles. The number of ether oxygens (including phenoxy) is 2. The molecule has 0 amide bonds. The third-order valence-corrected chi connectivity index (χ3v) is 5.11. The first-order valence-corrected chi connectivity index (χ1v) is 9.72. The number of esters is 1. The normalized spacial score (nSPS) is 17.1. The molecule has 3 rings (SSSR count). The molecule has 0 spiro atoms. The van der Waals surface area contributed by atoms with Crippen LogP contribution >= 0.6 is 23.8 Å². The summed E-state index contributed by atoms with van der Waals surface area (Å²) in [6.07, 6.45) is 0.763. The predicted molar refractivity (Wildman–Crippen MR) is 115 cm³/mol. The Labute approximate surface area is 175 Å². The van der Waals surface area contributed by atoms with Crippen molar-refractivity contribution in [2.24, 2.45) is 0 Å². The van der Waals surface area contributed by atoms with E-state index in [1.54, 1.807) is 18.2 Å². The number of nitrogens with one attached hydrogen (secondary N) is 2. The molecule has 148 valence electrons. The van der Waals surface area contributed by atoms with Gasteiger partial charge >= 0.3 is 5.97 Å². The van der Waals surface area contributed by atoms with Gasteiger partial charge in [-0.3, -0.25) is 0 Å². The lowest BCUT2D eigenvalue weighted by Crippen LogP contribution is -2.42. The Morgan fingerprint density at radius 3 is 2.75 bits per heavy atom. The molecule has 5 nitrogen and oxygen atoms in total. The van der Waals surface area contributed by atoms with Gasteiger partial charge in [0, 0.05) is 17.7 Å². The average molecular weight is 419 g/mol. The van der Waals surface area contributed by atoms with Crippen molar-refractivity contribution in [1.82, 2.24) is 5.32 Å². The predicted octanol–water partition coefficient (Wildman–Crippen LogP) is 5.02. The Morgan fingerprint density at radius 1 is 1.29 bits per heavy atom. The molecule has 7 heteroatoms. The summed E-state index contributed by atoms with van der Waals surface area (Å²) in [6.45, 7) is 6.16. The molecule has 0 saturated heterocycles. The number of aryl methyl sites for hydroxylation is 1. The second-order valence-corrected chi connectivity index (χ2v) is 8.26. The summed E-state index contributed by atoms with van der Waals surface area (Å²) in [6, 6.07) is 11.2. The molecule has 0 radical (unpaired) electrons. The molecule has 2 aromatic rings. The Balaban J connectivity index is 1.78. The fourth-order valence-electron chi connectivity index (χ4n) is 3.28. The lowest BCUT2D eigenvalue weighted by atomic mass is 9.89. The van der Waals surface area contributed by atoms with E-state index >= 15 is 0 Å². The Morgan fingerprint density at radius 2 is 2.04 bits per heavy atom. The van der Waals surface area contributed by atoms with E-state index in [9.17, 15) is 4.79 Å². The summed E-state index contributed by atoms with van der Waals surface area (Å²) >= 11 is 11.6. The van der Waals surface area contributed by atoms with Crippen molar-refractivity contribution >= 4 is 40.6 Å². The van der Waals surface area contributed by atoms with Crippen LogP contribution in [0.2, 0.25) is 5.02 Å². The van der Waals surface area contributed by atoms with Crippen molar-refractivity contribution in [2.75, 3.05) is 12.4 Å². The van der Waals surface area contributed by atoms with Crippen molar-refractivity contribution in [1.29, 1.82) is 0 Å². The molecular weight excluding hydrogens is 396 g/mol. The van der Waals surface area contributed by atoms with E-state index in [0.29, 0.717) is 15.8 Å². The monoisotopic (exact) mass is 418 g/mol. The van der Waals surface area contributed by atoms with Crippen LogP contribution in [0.4, 0.5) is 5.69 Å². The van der Waals surface area contributed by atoms with Gasteiger partial charge in [-0.15, -0.1) is 0 Å². The van der Waals surface area contributed by atoms with E-state index in [4.69, 9.17) is 33.3 Å². The lowest BCUT2D eigenvalue weighted by molar-refractivity contribution is 0.0600. The zero-order chi connectivity index (χ0) is 20.5. The van der Waals surface area contributed by atoms with E-state index < -0.39 is 5.97 Å². The van der Waals surface area contributed by atoms with E-state index in [1.165, 1.54) is 7.11 Å². The van der Waals surface area contributed by atoms with Crippen molar-refractivity contribution in [3.8, 4) is 5.75 Å². The summed E-state index contributed by atoms with van der Waals surface area (Å²) in [5.74, 6) is 0.374. The second kappa shape index (κ2) is 7.97. The number of anilines is 1. The summed E-state index contributed by atoms with van der Waals surface area (Å²) < 4.78 is 10.9. The number of hydrogen-bond acceptors (Lipinski definition) is 4. The number of carbonyl (C=O) groups excluding carboxylic acids is 1. The average Bonchev–Trinajstić information content (AvgIpc) is 2.61. The highest BCUT2D eigenvalue weighted by Gasteiger charge is 2.34. The van der Waals surface area contributed by atoms with Gasteiger partial charge in [-0.25, -0.2) is 4.79 Å². The van der Waals surface area contributed by atoms with Crippen LogP contribution in [0.1, 0.15) is 47.8 Å². The van der Waals surface area contributed by atoms with Crippen molar-refractivity contribution in [3.63, 3.8) is 0 Å². The molecule has 0 fully saturated rings. The molecule has 2 N–H and O–H groups in total. The Hall–Kier alpha value is -2.31. The zero-order valence-corrected chi connectivity index (χ0v) is 17.8. The quantitative estimate of drug-likeness (QED) is 0.539. The van der Waals surface area contributed by atoms with Crippen LogP contribution in [-0.4, -0.2) is 23.8 Å². The van der Waals surface area contributed by atoms with E-state index in [0.717, 1.165) is 23.3 Å². The van der Waals surface area contributed by atoms with Gasteiger partial charge < -0.3 is 20.1 Å². The SMILES string of the molecule is COC(=O)c1cc(NC(=S)N[C@H]2CC(C)(C)Oc3cc(C)ccc32)ccc1Cl. The minimum atomic E-state index is -0.497. The fourth-order valence-corrected chi connectivity index (χ4v) is 3.74. The number of thiocarbonyl (C=S) groups is 1. The maximum atomic E-state index is 11.8. The van der Waals surface area contributed by atoms with Gasteiger partial charge in [-0.2, -0.15) is 0 Å². The van der Waals surface area contributed by atoms with E-state index in [-0.39, 0.29) is 17.2 Å². The standard InChI is InChI=1S/C21H23ClN2O3S/c1-12-5-7-14-17(11-21(2,3)27-18(14)9-12)24-20(28)23-13-6-8-16(22)15(10-13)19(25)26-4/h5-10,17H,11H2,1-4H3,(H2,23,24,28)/t17-/m0/s1. The molecule has 0 aromatic heterocycles. The first-order chi connectivity index (χ1) is 13.2. The number of fused-ring (bicyclic) bond motifs is 1. The number of halogens is 1. The second-order valence-electron chi connectivity index (χ2n) is 7.44. The number of hydrogen-bond donors (Lipinski definition) is 2. The molecule has 28 heavy (non-hydrogen) atoms. The first kappa shape index (κ1) is 20.4. The molecular formula is C21H23ClN2O3S. The van der Waals surface area contributed by atoms with Crippen LogP contribution in [0.3, 0.4) is 0 Å².